The number of amides is 1. The van der Waals surface area contributed by atoms with Gasteiger partial charge in [-0.3, -0.25) is 4.79 Å². The Balaban J connectivity index is 1.62. The molecule has 1 heterocycles. The molecule has 0 radical (unpaired) electrons. The molecular weight excluding hydrogens is 424 g/mol. The summed E-state index contributed by atoms with van der Waals surface area (Å²) >= 11 is 0. The number of rotatable bonds is 4. The number of halogens is 2. The van der Waals surface area contributed by atoms with E-state index in [4.69, 9.17) is 10.5 Å². The summed E-state index contributed by atoms with van der Waals surface area (Å²) in [5.74, 6) is -0.789. The second-order valence-electron chi connectivity index (χ2n) is 8.67. The summed E-state index contributed by atoms with van der Waals surface area (Å²) in [7, 11) is -2.06. The molecule has 166 valence electrons. The summed E-state index contributed by atoms with van der Waals surface area (Å²) in [6.07, 6.45) is 5.04. The van der Waals surface area contributed by atoms with Crippen LogP contribution in [0.5, 0.6) is 0 Å². The Labute approximate surface area is 181 Å². The number of carbonyl (C=O) groups is 1. The zero-order chi connectivity index (χ0) is 22.3. The predicted octanol–water partition coefficient (Wildman–Crippen LogP) is 1.53. The van der Waals surface area contributed by atoms with Crippen LogP contribution in [0.1, 0.15) is 48.1 Å². The average Bonchev–Trinajstić information content (AvgIpc) is 3.41. The van der Waals surface area contributed by atoms with Crippen LogP contribution in [0.25, 0.3) is 6.08 Å². The van der Waals surface area contributed by atoms with Gasteiger partial charge in [0.05, 0.1) is 0 Å². The second-order valence-corrected chi connectivity index (χ2v) is 9.79. The van der Waals surface area contributed by atoms with Crippen LogP contribution >= 0.6 is 0 Å². The van der Waals surface area contributed by atoms with Gasteiger partial charge in [0.25, 0.3) is 0 Å². The van der Waals surface area contributed by atoms with Gasteiger partial charge in [0, 0.05) is 37.7 Å². The lowest BCUT2D eigenvalue weighted by atomic mass is 9.93. The van der Waals surface area contributed by atoms with Gasteiger partial charge in [0.2, 0.25) is 5.91 Å². The third kappa shape index (κ3) is 4.15. The van der Waals surface area contributed by atoms with Crippen LogP contribution in [-0.4, -0.2) is 30.1 Å². The monoisotopic (exact) mass is 449 g/mol. The SMILES string of the molecule is CC1(C)COC(C(=CN)[S-](=O)=NC(=O)C=Cc2c3c(c(F)c4c2CC(F)C4)CCC3)=[NH+]1. The van der Waals surface area contributed by atoms with Crippen molar-refractivity contribution in [1.29, 1.82) is 0 Å². The van der Waals surface area contributed by atoms with Crippen LogP contribution in [0, 0.1) is 5.82 Å². The lowest BCUT2D eigenvalue weighted by molar-refractivity contribution is -0.529. The van der Waals surface area contributed by atoms with Gasteiger partial charge < -0.3 is 19.0 Å². The number of nitrogens with one attached hydrogen (secondary N) is 1. The van der Waals surface area contributed by atoms with Crippen LogP contribution in [0.4, 0.5) is 8.78 Å². The molecule has 3 N–H and O–H groups in total. The van der Waals surface area contributed by atoms with Gasteiger partial charge in [-0.1, -0.05) is 0 Å². The van der Waals surface area contributed by atoms with Gasteiger partial charge in [0.1, 0.15) is 12.0 Å². The van der Waals surface area contributed by atoms with Crippen molar-refractivity contribution in [3.63, 3.8) is 0 Å². The Kier molecular flexibility index (Phi) is 5.72. The van der Waals surface area contributed by atoms with Crippen molar-refractivity contribution in [2.75, 3.05) is 6.61 Å². The number of benzene rings is 1. The fourth-order valence-corrected chi connectivity index (χ4v) is 5.11. The topological polar surface area (TPSA) is 95.7 Å². The van der Waals surface area contributed by atoms with E-state index in [9.17, 15) is 17.8 Å². The van der Waals surface area contributed by atoms with Gasteiger partial charge in [-0.25, -0.2) is 13.8 Å². The molecule has 2 aliphatic carbocycles. The summed E-state index contributed by atoms with van der Waals surface area (Å²) < 4.78 is 50.5. The normalized spacial score (nSPS) is 23.0. The van der Waals surface area contributed by atoms with Gasteiger partial charge in [-0.15, -0.1) is 10.6 Å². The van der Waals surface area contributed by atoms with Crippen molar-refractivity contribution in [2.24, 2.45) is 10.1 Å². The van der Waals surface area contributed by atoms with E-state index in [2.05, 4.69) is 9.36 Å². The molecular formula is C22H25F2N3O3S. The maximum absolute atomic E-state index is 14.8. The van der Waals surface area contributed by atoms with Crippen molar-refractivity contribution in [1.82, 2.24) is 0 Å². The molecule has 3 aliphatic rings. The Bertz CT molecular complexity index is 1130. The smallest absolute Gasteiger partial charge is 0.347 e. The van der Waals surface area contributed by atoms with Crippen LogP contribution in [0.15, 0.2) is 21.5 Å². The van der Waals surface area contributed by atoms with E-state index in [0.717, 1.165) is 18.2 Å². The number of carbonyl (C=O) groups excluding carboxylic acids is 1. The molecule has 1 aromatic carbocycles. The van der Waals surface area contributed by atoms with Crippen LogP contribution in [0.2, 0.25) is 0 Å². The zero-order valence-electron chi connectivity index (χ0n) is 17.5. The highest BCUT2D eigenvalue weighted by Crippen LogP contribution is 2.39. The van der Waals surface area contributed by atoms with E-state index in [1.54, 1.807) is 6.08 Å². The Morgan fingerprint density at radius 3 is 2.65 bits per heavy atom. The lowest BCUT2D eigenvalue weighted by Crippen LogP contribution is -2.83. The van der Waals surface area contributed by atoms with Gasteiger partial charge in [-0.05, 0) is 59.4 Å². The molecule has 0 saturated heterocycles. The molecule has 4 rings (SSSR count). The van der Waals surface area contributed by atoms with E-state index in [1.165, 1.54) is 6.08 Å². The largest absolute Gasteiger partial charge is 0.439 e. The molecule has 0 aromatic heterocycles. The number of hydrogen-bond acceptors (Lipinski definition) is 5. The number of nitrogens with two attached hydrogens (primary N) is 1. The first kappa shape index (κ1) is 21.7. The Morgan fingerprint density at radius 1 is 1.26 bits per heavy atom. The number of ether oxygens (including phenoxy) is 1. The molecule has 0 bridgehead atoms. The van der Waals surface area contributed by atoms with E-state index in [1.807, 2.05) is 13.8 Å². The molecule has 6 nitrogen and oxygen atoms in total. The first-order chi connectivity index (χ1) is 14.7. The lowest BCUT2D eigenvalue weighted by Gasteiger charge is -2.13. The first-order valence-electron chi connectivity index (χ1n) is 10.2. The molecule has 1 amide bonds. The molecule has 1 aromatic rings. The third-order valence-corrected chi connectivity index (χ3v) is 6.81. The van der Waals surface area contributed by atoms with E-state index in [0.29, 0.717) is 41.7 Å². The highest BCUT2D eigenvalue weighted by atomic mass is 32.2. The fraction of sp³-hybridized carbons (Fsp3) is 0.455. The maximum atomic E-state index is 14.8. The molecule has 1 atom stereocenters. The summed E-state index contributed by atoms with van der Waals surface area (Å²) in [6.45, 7) is 4.17. The Morgan fingerprint density at radius 2 is 1.97 bits per heavy atom. The zero-order valence-corrected chi connectivity index (χ0v) is 18.3. The minimum absolute atomic E-state index is 0.0598. The fourth-order valence-electron chi connectivity index (χ4n) is 4.40. The number of nitrogens with zero attached hydrogens (tertiary/aromatic N) is 1. The molecule has 0 fully saturated rings. The summed E-state index contributed by atoms with van der Waals surface area (Å²) in [4.78, 5) is 15.5. The van der Waals surface area contributed by atoms with Crippen molar-refractivity contribution >= 4 is 28.5 Å². The second kappa shape index (κ2) is 8.18. The predicted molar refractivity (Wildman–Crippen MR) is 114 cm³/mol. The molecule has 0 saturated carbocycles. The molecule has 31 heavy (non-hydrogen) atoms. The van der Waals surface area contributed by atoms with Crippen molar-refractivity contribution in [2.45, 2.75) is 57.7 Å². The maximum Gasteiger partial charge on any atom is 0.347 e. The highest BCUT2D eigenvalue weighted by molar-refractivity contribution is 7.80. The van der Waals surface area contributed by atoms with Crippen molar-refractivity contribution in [3.05, 3.63) is 50.8 Å². The Hall–Kier alpha value is -2.55. The van der Waals surface area contributed by atoms with E-state index >= 15 is 0 Å². The van der Waals surface area contributed by atoms with E-state index < -0.39 is 22.7 Å². The average molecular weight is 450 g/mol. The van der Waals surface area contributed by atoms with Gasteiger partial charge >= 0.3 is 5.90 Å². The number of hydrogen-bond donors (Lipinski definition) is 2. The quantitative estimate of drug-likeness (QED) is 0.538. The molecule has 1 aliphatic heterocycles. The van der Waals surface area contributed by atoms with Gasteiger partial charge in [-0.2, -0.15) is 0 Å². The molecule has 0 spiro atoms. The van der Waals surface area contributed by atoms with Crippen LogP contribution in [0.3, 0.4) is 0 Å². The summed E-state index contributed by atoms with van der Waals surface area (Å²) in [5, 5.41) is 0. The van der Waals surface area contributed by atoms with Gasteiger partial charge in [0.15, 0.2) is 12.1 Å². The first-order valence-corrected chi connectivity index (χ1v) is 11.4. The molecule has 9 heteroatoms. The standard InChI is InChI=1S/C22H24F2N3O3S/c1-22(2)11-30-21(26-22)18(10-25)31(29)27-19(28)7-6-14-13-4-3-5-15(13)20(24)17-9-12(23)8-16(14)17/h6-7,10,12H,3-5,8-9,11,25H2,1-2H3/q-1/p+1. The minimum Gasteiger partial charge on any atom is -0.439 e. The summed E-state index contributed by atoms with van der Waals surface area (Å²) in [5.41, 5.74) is 8.42. The number of alkyl halides is 1. The minimum atomic E-state index is -2.06. The van der Waals surface area contributed by atoms with Crippen molar-refractivity contribution < 1.29 is 27.5 Å². The van der Waals surface area contributed by atoms with Crippen LogP contribution < -0.4 is 10.7 Å². The van der Waals surface area contributed by atoms with Crippen LogP contribution in [-0.2, 0) is 50.0 Å². The van der Waals surface area contributed by atoms with E-state index in [-0.39, 0.29) is 35.0 Å². The summed E-state index contributed by atoms with van der Waals surface area (Å²) in [6, 6.07) is 0. The number of fused-ring (bicyclic) bond motifs is 2. The van der Waals surface area contributed by atoms with Crippen molar-refractivity contribution in [3.8, 4) is 0 Å². The molecule has 1 unspecified atom stereocenters. The highest BCUT2D eigenvalue weighted by Gasteiger charge is 2.34. The third-order valence-electron chi connectivity index (χ3n) is 5.77.